The molecule has 0 bridgehead atoms. The fourth-order valence-corrected chi connectivity index (χ4v) is 2.42. The maximum Gasteiger partial charge on any atom is 0.229 e. The van der Waals surface area contributed by atoms with Crippen LogP contribution in [0.3, 0.4) is 0 Å². The molecule has 1 atom stereocenters. The maximum absolute atomic E-state index is 11.7. The molecule has 0 aliphatic heterocycles. The fraction of sp³-hybridized carbons (Fsp3) is 0.562. The molecule has 0 heterocycles. The first-order chi connectivity index (χ1) is 10.0. The Labute approximate surface area is 130 Å². The van der Waals surface area contributed by atoms with E-state index in [0.29, 0.717) is 37.0 Å². The highest BCUT2D eigenvalue weighted by atomic mass is 32.2. The molecule has 0 aromatic heterocycles. The summed E-state index contributed by atoms with van der Waals surface area (Å²) in [5.74, 6) is 0.980. The van der Waals surface area contributed by atoms with Crippen molar-refractivity contribution < 1.29 is 14.6 Å². The van der Waals surface area contributed by atoms with Crippen LogP contribution in [-0.4, -0.2) is 48.6 Å². The normalized spacial score (nSPS) is 12.4. The maximum atomic E-state index is 11.7. The van der Waals surface area contributed by atoms with Gasteiger partial charge in [-0.1, -0.05) is 12.1 Å². The van der Waals surface area contributed by atoms with E-state index in [0.717, 1.165) is 17.0 Å². The fourth-order valence-electron chi connectivity index (χ4n) is 1.83. The minimum Gasteiger partial charge on any atom is -0.390 e. The Balaban J connectivity index is 2.41. The van der Waals surface area contributed by atoms with E-state index in [-0.39, 0.29) is 5.91 Å². The zero-order valence-corrected chi connectivity index (χ0v) is 13.9. The molecule has 21 heavy (non-hydrogen) atoms. The zero-order valence-electron chi connectivity index (χ0n) is 13.1. The number of benzene rings is 1. The molecule has 1 rings (SSSR count). The molecule has 1 amide bonds. The second-order valence-electron chi connectivity index (χ2n) is 5.20. The van der Waals surface area contributed by atoms with E-state index in [1.165, 1.54) is 0 Å². The summed E-state index contributed by atoms with van der Waals surface area (Å²) in [4.78, 5) is 11.7. The van der Waals surface area contributed by atoms with Crippen LogP contribution in [0.1, 0.15) is 18.9 Å². The van der Waals surface area contributed by atoms with E-state index in [2.05, 4.69) is 17.8 Å². The first-order valence-corrected chi connectivity index (χ1v) is 9.41. The summed E-state index contributed by atoms with van der Waals surface area (Å²) < 4.78 is 5.18. The Morgan fingerprint density at radius 1 is 1.33 bits per heavy atom. The minimum absolute atomic E-state index is 0.0559. The molecule has 1 aromatic rings. The van der Waals surface area contributed by atoms with Gasteiger partial charge >= 0.3 is 0 Å². The van der Waals surface area contributed by atoms with Gasteiger partial charge in [0.25, 0.3) is 0 Å². The predicted molar refractivity (Wildman–Crippen MR) is 90.0 cm³/mol. The minimum atomic E-state index is -0.488. The number of hydrogen-bond donors (Lipinski definition) is 2. The molecule has 0 aliphatic rings. The Morgan fingerprint density at radius 2 is 2.00 bits per heavy atom. The van der Waals surface area contributed by atoms with Gasteiger partial charge in [0.15, 0.2) is 0 Å². The molecule has 0 aliphatic carbocycles. The van der Waals surface area contributed by atoms with Crippen molar-refractivity contribution in [2.45, 2.75) is 25.9 Å². The van der Waals surface area contributed by atoms with Crippen molar-refractivity contribution in [3.8, 4) is 0 Å². The number of amides is 1. The third kappa shape index (κ3) is 8.09. The van der Waals surface area contributed by atoms with Crippen molar-refractivity contribution in [1.29, 1.82) is 0 Å². The number of anilines is 1. The van der Waals surface area contributed by atoms with Crippen molar-refractivity contribution in [1.82, 2.24) is 0 Å². The van der Waals surface area contributed by atoms with Gasteiger partial charge in [-0.25, -0.2) is 0 Å². The van der Waals surface area contributed by atoms with E-state index in [9.17, 15) is 9.90 Å². The molecule has 5 heteroatoms. The quantitative estimate of drug-likeness (QED) is 0.684. The third-order valence-electron chi connectivity index (χ3n) is 2.96. The Bertz CT molecular complexity index is 420. The largest absolute Gasteiger partial charge is 0.390 e. The van der Waals surface area contributed by atoms with Crippen LogP contribution >= 0.6 is 0 Å². The molecule has 118 valence electrons. The van der Waals surface area contributed by atoms with Crippen LogP contribution in [0.5, 0.6) is 0 Å². The Morgan fingerprint density at radius 3 is 2.57 bits per heavy atom. The number of hydrogen-bond acceptors (Lipinski definition) is 3. The Kier molecular flexibility index (Phi) is 8.42. The molecular weight excluding hydrogens is 286 g/mol. The molecule has 0 spiro atoms. The second-order valence-corrected chi connectivity index (χ2v) is 7.58. The van der Waals surface area contributed by atoms with Crippen LogP contribution in [0.2, 0.25) is 0 Å². The summed E-state index contributed by atoms with van der Waals surface area (Å²) in [6.07, 6.45) is 4.90. The highest BCUT2D eigenvalue weighted by Crippen LogP contribution is 2.12. The van der Waals surface area contributed by atoms with Crippen molar-refractivity contribution in [3.05, 3.63) is 29.8 Å². The molecule has 1 unspecified atom stereocenters. The van der Waals surface area contributed by atoms with E-state index < -0.39 is 6.10 Å². The zero-order chi connectivity index (χ0) is 15.7. The van der Waals surface area contributed by atoms with E-state index in [1.54, 1.807) is 0 Å². The number of aliphatic hydroxyl groups is 1. The lowest BCUT2D eigenvalue weighted by atomic mass is 10.1. The van der Waals surface area contributed by atoms with E-state index >= 15 is 0 Å². The van der Waals surface area contributed by atoms with E-state index in [4.69, 9.17) is 4.74 Å². The molecule has 0 radical (unpaired) electrons. The van der Waals surface area contributed by atoms with Crippen molar-refractivity contribution in [3.63, 3.8) is 0 Å². The lowest BCUT2D eigenvalue weighted by Gasteiger charge is -2.11. The highest BCUT2D eigenvalue weighted by molar-refractivity contribution is 7.95. The van der Waals surface area contributed by atoms with Gasteiger partial charge in [0.2, 0.25) is 5.91 Å². The second kappa shape index (κ2) is 9.82. The van der Waals surface area contributed by atoms with Gasteiger partial charge in [0.1, 0.15) is 5.75 Å². The summed E-state index contributed by atoms with van der Waals surface area (Å²) in [6.45, 7) is 2.87. The lowest BCUT2D eigenvalue weighted by molar-refractivity contribution is -0.115. The summed E-state index contributed by atoms with van der Waals surface area (Å²) in [6, 6.07) is 7.60. The number of carbonyl (C=O) groups excluding carboxylic acids is 1. The van der Waals surface area contributed by atoms with E-state index in [1.807, 2.05) is 31.2 Å². The number of rotatable bonds is 9. The molecule has 4 nitrogen and oxygen atoms in total. The van der Waals surface area contributed by atoms with Crippen molar-refractivity contribution >= 4 is 22.5 Å². The van der Waals surface area contributed by atoms with Crippen LogP contribution in [0.25, 0.3) is 0 Å². The standard InChI is InChI=1S/C16H25NO3S/c1-4-20-12-15(18)11-13-5-7-14(8-6-13)17-16(19)9-10-21(2)3/h5-8,15,18H,4,9-12H2,1-3H3/p+1. The third-order valence-corrected chi connectivity index (χ3v) is 3.98. The average molecular weight is 312 g/mol. The van der Waals surface area contributed by atoms with Gasteiger partial charge in [-0.05, 0) is 35.5 Å². The van der Waals surface area contributed by atoms with Gasteiger partial charge in [-0.2, -0.15) is 0 Å². The predicted octanol–water partition coefficient (Wildman–Crippen LogP) is 1.83. The van der Waals surface area contributed by atoms with Crippen LogP contribution in [-0.2, 0) is 26.8 Å². The summed E-state index contributed by atoms with van der Waals surface area (Å²) >= 11 is 0. The Hall–Kier alpha value is -1.04. The first-order valence-electron chi connectivity index (χ1n) is 7.20. The summed E-state index contributed by atoms with van der Waals surface area (Å²) in [7, 11) is 0.292. The number of ether oxygens (including phenoxy) is 1. The number of nitrogens with one attached hydrogen (secondary N) is 1. The smallest absolute Gasteiger partial charge is 0.229 e. The average Bonchev–Trinajstić information content (AvgIpc) is 2.45. The van der Waals surface area contributed by atoms with Crippen LogP contribution in [0.15, 0.2) is 24.3 Å². The van der Waals surface area contributed by atoms with Gasteiger partial charge in [-0.15, -0.1) is 0 Å². The van der Waals surface area contributed by atoms with Gasteiger partial charge < -0.3 is 15.2 Å². The van der Waals surface area contributed by atoms with Crippen LogP contribution in [0, 0.1) is 0 Å². The van der Waals surface area contributed by atoms with Crippen molar-refractivity contribution in [2.24, 2.45) is 0 Å². The van der Waals surface area contributed by atoms with Crippen LogP contribution < -0.4 is 5.32 Å². The molecular formula is C16H26NO3S+. The number of carbonyl (C=O) groups is 1. The SMILES string of the molecule is CCOCC(O)Cc1ccc(NC(=O)CC[S+](C)C)cc1. The van der Waals surface area contributed by atoms with Gasteiger partial charge in [-0.3, -0.25) is 4.79 Å². The summed E-state index contributed by atoms with van der Waals surface area (Å²) in [5, 5.41) is 12.7. The topological polar surface area (TPSA) is 58.6 Å². The molecule has 2 N–H and O–H groups in total. The van der Waals surface area contributed by atoms with Gasteiger partial charge in [0.05, 0.1) is 31.6 Å². The number of aliphatic hydroxyl groups excluding tert-OH is 1. The van der Waals surface area contributed by atoms with Crippen LogP contribution in [0.4, 0.5) is 5.69 Å². The summed E-state index contributed by atoms with van der Waals surface area (Å²) in [5.41, 5.74) is 1.83. The highest BCUT2D eigenvalue weighted by Gasteiger charge is 2.09. The van der Waals surface area contributed by atoms with Crippen molar-refractivity contribution in [2.75, 3.05) is 36.8 Å². The molecule has 0 saturated heterocycles. The first kappa shape index (κ1) is 18.0. The molecule has 1 aromatic carbocycles. The lowest BCUT2D eigenvalue weighted by Crippen LogP contribution is -2.18. The molecule has 0 saturated carbocycles. The monoisotopic (exact) mass is 312 g/mol. The van der Waals surface area contributed by atoms with Gasteiger partial charge in [0, 0.05) is 18.7 Å². The molecule has 0 fully saturated rings.